The maximum absolute atomic E-state index is 12.0. The smallest absolute Gasteiger partial charge is 0.335 e. The van der Waals surface area contributed by atoms with Crippen molar-refractivity contribution in [3.05, 3.63) is 24.3 Å². The Labute approximate surface area is 145 Å². The van der Waals surface area contributed by atoms with Crippen LogP contribution in [0.1, 0.15) is 64.7 Å². The molecule has 2 rings (SSSR count). The molecular weight excluding hydrogens is 304 g/mol. The summed E-state index contributed by atoms with van der Waals surface area (Å²) in [5.41, 5.74) is 0. The monoisotopic (exact) mass is 336 g/mol. The second-order valence-corrected chi connectivity index (χ2v) is 7.10. The topological polar surface area (TPSA) is 66.8 Å². The van der Waals surface area contributed by atoms with Crippen LogP contribution in [0.5, 0.6) is 0 Å². The van der Waals surface area contributed by atoms with Gasteiger partial charge in [-0.05, 0) is 38.0 Å². The summed E-state index contributed by atoms with van der Waals surface area (Å²) >= 11 is 0. The van der Waals surface area contributed by atoms with Crippen LogP contribution in [-0.4, -0.2) is 34.5 Å². The maximum atomic E-state index is 12.0. The minimum atomic E-state index is -1.07. The van der Waals surface area contributed by atoms with Gasteiger partial charge in [-0.1, -0.05) is 50.5 Å². The van der Waals surface area contributed by atoms with E-state index in [9.17, 15) is 15.0 Å². The van der Waals surface area contributed by atoms with Gasteiger partial charge >= 0.3 is 5.97 Å². The molecule has 0 aromatic carbocycles. The Kier molecular flexibility index (Phi) is 8.00. The number of carbonyl (C=O) groups excluding carboxylic acids is 1. The van der Waals surface area contributed by atoms with E-state index in [0.29, 0.717) is 19.3 Å². The van der Waals surface area contributed by atoms with Crippen LogP contribution in [0.2, 0.25) is 0 Å². The van der Waals surface area contributed by atoms with Crippen molar-refractivity contribution in [3.8, 4) is 0 Å². The number of hydrogen-bond donors (Lipinski definition) is 2. The number of carbonyl (C=O) groups is 1. The average Bonchev–Trinajstić information content (AvgIpc) is 2.83. The highest BCUT2D eigenvalue weighted by Gasteiger charge is 2.43. The predicted octanol–water partition coefficient (Wildman–Crippen LogP) is 3.52. The number of hydrogen-bond acceptors (Lipinski definition) is 4. The first kappa shape index (κ1) is 19.2. The summed E-state index contributed by atoms with van der Waals surface area (Å²) in [6.07, 6.45) is 14.7. The van der Waals surface area contributed by atoms with E-state index < -0.39 is 18.2 Å². The highest BCUT2D eigenvalue weighted by Crippen LogP contribution is 2.38. The molecule has 5 atom stereocenters. The number of rotatable bonds is 6. The Hall–Kier alpha value is -1.13. The molecule has 24 heavy (non-hydrogen) atoms. The number of fused-ring (bicyclic) bond motifs is 2. The summed E-state index contributed by atoms with van der Waals surface area (Å²) in [6.45, 7) is 2.20. The van der Waals surface area contributed by atoms with Gasteiger partial charge in [0.1, 0.15) is 6.10 Å². The van der Waals surface area contributed by atoms with Crippen molar-refractivity contribution in [1.82, 2.24) is 0 Å². The zero-order valence-electron chi connectivity index (χ0n) is 14.8. The molecule has 1 unspecified atom stereocenters. The lowest BCUT2D eigenvalue weighted by Gasteiger charge is -2.22. The van der Waals surface area contributed by atoms with Crippen LogP contribution in [0.25, 0.3) is 0 Å². The second-order valence-electron chi connectivity index (χ2n) is 7.10. The molecule has 4 heteroatoms. The van der Waals surface area contributed by atoms with Crippen LogP contribution in [0.15, 0.2) is 24.3 Å². The van der Waals surface area contributed by atoms with Crippen molar-refractivity contribution >= 4 is 5.97 Å². The molecule has 1 heterocycles. The highest BCUT2D eigenvalue weighted by molar-refractivity contribution is 5.74. The van der Waals surface area contributed by atoms with Gasteiger partial charge in [-0.3, -0.25) is 0 Å². The quantitative estimate of drug-likeness (QED) is 0.442. The molecule has 0 spiro atoms. The van der Waals surface area contributed by atoms with Gasteiger partial charge in [0.25, 0.3) is 0 Å². The van der Waals surface area contributed by atoms with Gasteiger partial charge in [0.05, 0.1) is 6.10 Å². The Morgan fingerprint density at radius 1 is 1.25 bits per heavy atom. The molecule has 0 aromatic rings. The Balaban J connectivity index is 2.02. The Morgan fingerprint density at radius 2 is 2.08 bits per heavy atom. The summed E-state index contributed by atoms with van der Waals surface area (Å²) in [7, 11) is 0. The predicted molar refractivity (Wildman–Crippen MR) is 94.4 cm³/mol. The van der Waals surface area contributed by atoms with Crippen LogP contribution >= 0.6 is 0 Å². The molecule has 0 radical (unpaired) electrons. The van der Waals surface area contributed by atoms with Gasteiger partial charge in [-0.25, -0.2) is 4.79 Å². The minimum Gasteiger partial charge on any atom is -0.460 e. The molecule has 2 aliphatic rings. The largest absolute Gasteiger partial charge is 0.460 e. The fourth-order valence-electron chi connectivity index (χ4n) is 3.72. The average molecular weight is 336 g/mol. The van der Waals surface area contributed by atoms with Gasteiger partial charge < -0.3 is 14.9 Å². The van der Waals surface area contributed by atoms with Gasteiger partial charge in [0, 0.05) is 12.3 Å². The van der Waals surface area contributed by atoms with Gasteiger partial charge in [-0.2, -0.15) is 0 Å². The lowest BCUT2D eigenvalue weighted by Crippen LogP contribution is -2.30. The van der Waals surface area contributed by atoms with E-state index in [1.165, 1.54) is 25.7 Å². The number of aliphatic hydroxyl groups is 2. The normalized spacial score (nSPS) is 35.6. The number of esters is 1. The van der Waals surface area contributed by atoms with Crippen molar-refractivity contribution in [2.45, 2.75) is 83.0 Å². The Morgan fingerprint density at radius 3 is 2.88 bits per heavy atom. The van der Waals surface area contributed by atoms with Crippen LogP contribution < -0.4 is 0 Å². The maximum Gasteiger partial charge on any atom is 0.335 e. The number of unbranched alkanes of at least 4 members (excludes halogenated alkanes) is 4. The molecule has 1 fully saturated rings. The molecule has 4 nitrogen and oxygen atoms in total. The molecule has 0 aromatic heterocycles. The third kappa shape index (κ3) is 5.45. The van der Waals surface area contributed by atoms with E-state index >= 15 is 0 Å². The number of ether oxygens (including phenoxy) is 1. The van der Waals surface area contributed by atoms with E-state index in [1.807, 2.05) is 6.08 Å². The first-order valence-electron chi connectivity index (χ1n) is 9.51. The van der Waals surface area contributed by atoms with Crippen molar-refractivity contribution in [1.29, 1.82) is 0 Å². The molecule has 2 bridgehead atoms. The van der Waals surface area contributed by atoms with Gasteiger partial charge in [0.15, 0.2) is 6.10 Å². The SMILES string of the molecule is CCCCCC/C=C/[C@@H]1[C@H]2C/C=C\CCC(O)C(=O)O[C@@H]1C[C@H]2O. The molecule has 136 valence electrons. The van der Waals surface area contributed by atoms with E-state index in [2.05, 4.69) is 25.2 Å². The molecule has 2 N–H and O–H groups in total. The Bertz CT molecular complexity index is 443. The summed E-state index contributed by atoms with van der Waals surface area (Å²) in [6, 6.07) is 0. The highest BCUT2D eigenvalue weighted by atomic mass is 16.6. The molecule has 0 amide bonds. The fraction of sp³-hybridized carbons (Fsp3) is 0.750. The fourth-order valence-corrected chi connectivity index (χ4v) is 3.72. The first-order chi connectivity index (χ1) is 11.6. The van der Waals surface area contributed by atoms with Crippen molar-refractivity contribution in [3.63, 3.8) is 0 Å². The molecule has 0 saturated heterocycles. The van der Waals surface area contributed by atoms with Crippen molar-refractivity contribution < 1.29 is 19.7 Å². The van der Waals surface area contributed by atoms with Crippen molar-refractivity contribution in [2.75, 3.05) is 0 Å². The van der Waals surface area contributed by atoms with Crippen molar-refractivity contribution in [2.24, 2.45) is 11.8 Å². The van der Waals surface area contributed by atoms with E-state index in [1.54, 1.807) is 0 Å². The van der Waals surface area contributed by atoms with E-state index in [4.69, 9.17) is 4.74 Å². The van der Waals surface area contributed by atoms with Crippen LogP contribution in [0.3, 0.4) is 0 Å². The van der Waals surface area contributed by atoms with Crippen LogP contribution in [0, 0.1) is 11.8 Å². The second kappa shape index (κ2) is 10.00. The summed E-state index contributed by atoms with van der Waals surface area (Å²) in [5, 5.41) is 20.3. The third-order valence-electron chi connectivity index (χ3n) is 5.20. The van der Waals surface area contributed by atoms with Crippen LogP contribution in [-0.2, 0) is 9.53 Å². The summed E-state index contributed by atoms with van der Waals surface area (Å²) in [4.78, 5) is 12.0. The van der Waals surface area contributed by atoms with Crippen LogP contribution in [0.4, 0.5) is 0 Å². The molecule has 1 aliphatic carbocycles. The standard InChI is InChI=1S/C20H32O4/c1-2-3-4-5-6-8-12-16-15-11-9-7-10-13-17(21)20(23)24-19(16)14-18(15)22/h7-9,12,15-19,21-22H,2-6,10-11,13-14H2,1H3/b9-7-,12-8+/t15-,16-,17?,18-,19-/m1/s1. The third-order valence-corrected chi connectivity index (χ3v) is 5.20. The van der Waals surface area contributed by atoms with E-state index in [-0.39, 0.29) is 17.9 Å². The van der Waals surface area contributed by atoms with E-state index in [0.717, 1.165) is 12.8 Å². The number of aliphatic hydroxyl groups excluding tert-OH is 2. The van der Waals surface area contributed by atoms with Gasteiger partial charge in [-0.15, -0.1) is 0 Å². The minimum absolute atomic E-state index is 0.0325. The zero-order chi connectivity index (χ0) is 17.4. The zero-order valence-corrected chi connectivity index (χ0v) is 14.8. The molecule has 1 saturated carbocycles. The molecule has 1 aliphatic heterocycles. The lowest BCUT2D eigenvalue weighted by atomic mass is 9.89. The lowest BCUT2D eigenvalue weighted by molar-refractivity contribution is -0.160. The molecular formula is C20H32O4. The number of allylic oxidation sites excluding steroid dienone is 3. The first-order valence-corrected chi connectivity index (χ1v) is 9.51. The summed E-state index contributed by atoms with van der Waals surface area (Å²) in [5.74, 6) is -0.434. The van der Waals surface area contributed by atoms with Gasteiger partial charge in [0.2, 0.25) is 0 Å². The summed E-state index contributed by atoms with van der Waals surface area (Å²) < 4.78 is 5.54.